The molecule has 0 aliphatic rings. The molecule has 1 nitrogen and oxygen atoms in total. The van der Waals surface area contributed by atoms with E-state index in [0.717, 1.165) is 14.9 Å². The molecular formula is C14H12BrClOS. The number of thioether (sulfide) groups is 1. The molecule has 0 saturated heterocycles. The Kier molecular flexibility index (Phi) is 5.13. The number of hydrogen-bond acceptors (Lipinski definition) is 2. The van der Waals surface area contributed by atoms with Crippen molar-refractivity contribution in [1.29, 1.82) is 0 Å². The van der Waals surface area contributed by atoms with E-state index in [1.165, 1.54) is 0 Å². The normalized spacial score (nSPS) is 12.4. The summed E-state index contributed by atoms with van der Waals surface area (Å²) in [6, 6.07) is 15.3. The lowest BCUT2D eigenvalue weighted by atomic mass is 10.1. The van der Waals surface area contributed by atoms with Gasteiger partial charge in [0.05, 0.1) is 6.10 Å². The summed E-state index contributed by atoms with van der Waals surface area (Å²) in [5.41, 5.74) is 0.891. The van der Waals surface area contributed by atoms with E-state index in [1.807, 2.05) is 36.4 Å². The number of aliphatic hydroxyl groups is 1. The predicted octanol–water partition coefficient (Wildman–Crippen LogP) is 4.93. The van der Waals surface area contributed by atoms with Crippen molar-refractivity contribution in [2.24, 2.45) is 0 Å². The topological polar surface area (TPSA) is 20.2 Å². The van der Waals surface area contributed by atoms with Crippen LogP contribution in [0.5, 0.6) is 0 Å². The monoisotopic (exact) mass is 342 g/mol. The van der Waals surface area contributed by atoms with E-state index >= 15 is 0 Å². The van der Waals surface area contributed by atoms with Gasteiger partial charge in [0.2, 0.25) is 0 Å². The van der Waals surface area contributed by atoms with Crippen LogP contribution in [0.3, 0.4) is 0 Å². The zero-order valence-corrected chi connectivity index (χ0v) is 12.7. The summed E-state index contributed by atoms with van der Waals surface area (Å²) in [5.74, 6) is 0.623. The maximum Gasteiger partial charge on any atom is 0.0883 e. The second-order valence-corrected chi connectivity index (χ2v) is 6.28. The molecule has 0 spiro atoms. The molecule has 2 rings (SSSR count). The number of aliphatic hydroxyl groups excluding tert-OH is 1. The van der Waals surface area contributed by atoms with Crippen LogP contribution in [0.1, 0.15) is 11.7 Å². The Hall–Kier alpha value is -0.480. The van der Waals surface area contributed by atoms with E-state index in [1.54, 1.807) is 23.9 Å². The van der Waals surface area contributed by atoms with Crippen molar-refractivity contribution < 1.29 is 5.11 Å². The Bertz CT molecular complexity index is 515. The minimum atomic E-state index is -0.480. The zero-order chi connectivity index (χ0) is 13.0. The first-order chi connectivity index (χ1) is 8.65. The highest BCUT2D eigenvalue weighted by atomic mass is 79.9. The van der Waals surface area contributed by atoms with E-state index in [4.69, 9.17) is 11.6 Å². The van der Waals surface area contributed by atoms with Crippen molar-refractivity contribution in [1.82, 2.24) is 0 Å². The SMILES string of the molecule is OC(CSc1cccc(Br)c1)c1ccc(Cl)cc1. The molecule has 0 fully saturated rings. The van der Waals surface area contributed by atoms with Crippen LogP contribution in [0.4, 0.5) is 0 Å². The minimum absolute atomic E-state index is 0.480. The summed E-state index contributed by atoms with van der Waals surface area (Å²) in [7, 11) is 0. The molecule has 1 unspecified atom stereocenters. The fourth-order valence-corrected chi connectivity index (χ4v) is 3.12. The predicted molar refractivity (Wildman–Crippen MR) is 81.3 cm³/mol. The molecule has 0 aliphatic carbocycles. The van der Waals surface area contributed by atoms with Crippen LogP contribution in [-0.2, 0) is 0 Å². The fourth-order valence-electron chi connectivity index (χ4n) is 1.51. The lowest BCUT2D eigenvalue weighted by Crippen LogP contribution is -2.00. The van der Waals surface area contributed by atoms with Crippen molar-refractivity contribution in [3.63, 3.8) is 0 Å². The van der Waals surface area contributed by atoms with Crippen LogP contribution in [-0.4, -0.2) is 10.9 Å². The van der Waals surface area contributed by atoms with Gasteiger partial charge in [-0.15, -0.1) is 11.8 Å². The van der Waals surface area contributed by atoms with Crippen molar-refractivity contribution in [2.45, 2.75) is 11.0 Å². The molecule has 94 valence electrons. The third kappa shape index (κ3) is 4.02. The quantitative estimate of drug-likeness (QED) is 0.794. The van der Waals surface area contributed by atoms with Crippen LogP contribution in [0.25, 0.3) is 0 Å². The molecule has 0 amide bonds. The number of hydrogen-bond donors (Lipinski definition) is 1. The summed E-state index contributed by atoms with van der Waals surface area (Å²) < 4.78 is 1.05. The average molecular weight is 344 g/mol. The van der Waals surface area contributed by atoms with Gasteiger partial charge in [-0.2, -0.15) is 0 Å². The molecule has 0 bridgehead atoms. The van der Waals surface area contributed by atoms with Gasteiger partial charge in [0.25, 0.3) is 0 Å². The van der Waals surface area contributed by atoms with Gasteiger partial charge in [-0.25, -0.2) is 0 Å². The molecule has 4 heteroatoms. The first kappa shape index (κ1) is 13.9. The van der Waals surface area contributed by atoms with E-state index in [-0.39, 0.29) is 0 Å². The highest BCUT2D eigenvalue weighted by molar-refractivity contribution is 9.10. The molecule has 1 atom stereocenters. The van der Waals surface area contributed by atoms with Crippen LogP contribution in [0, 0.1) is 0 Å². The molecule has 0 radical (unpaired) electrons. The Labute approximate surface area is 124 Å². The molecule has 0 saturated carbocycles. The molecule has 2 aromatic carbocycles. The largest absolute Gasteiger partial charge is 0.388 e. The summed E-state index contributed by atoms with van der Waals surface area (Å²) in [6.45, 7) is 0. The highest BCUT2D eigenvalue weighted by Gasteiger charge is 2.08. The van der Waals surface area contributed by atoms with E-state index in [2.05, 4.69) is 15.9 Å². The molecule has 18 heavy (non-hydrogen) atoms. The number of halogens is 2. The van der Waals surface area contributed by atoms with Gasteiger partial charge in [0, 0.05) is 20.1 Å². The maximum atomic E-state index is 10.1. The van der Waals surface area contributed by atoms with Gasteiger partial charge in [-0.3, -0.25) is 0 Å². The lowest BCUT2D eigenvalue weighted by Gasteiger charge is -2.10. The van der Waals surface area contributed by atoms with Crippen molar-refractivity contribution in [2.75, 3.05) is 5.75 Å². The van der Waals surface area contributed by atoms with Gasteiger partial charge >= 0.3 is 0 Å². The molecule has 1 N–H and O–H groups in total. The van der Waals surface area contributed by atoms with Crippen LogP contribution >= 0.6 is 39.3 Å². The van der Waals surface area contributed by atoms with Crippen LogP contribution in [0.2, 0.25) is 5.02 Å². The second-order valence-electron chi connectivity index (χ2n) is 3.84. The number of rotatable bonds is 4. The summed E-state index contributed by atoms with van der Waals surface area (Å²) in [4.78, 5) is 1.14. The molecule has 0 aromatic heterocycles. The van der Waals surface area contributed by atoms with Gasteiger partial charge in [-0.05, 0) is 35.9 Å². The van der Waals surface area contributed by atoms with Crippen molar-refractivity contribution in [3.8, 4) is 0 Å². The Morgan fingerprint density at radius 2 is 1.89 bits per heavy atom. The van der Waals surface area contributed by atoms with Crippen molar-refractivity contribution >= 4 is 39.3 Å². The van der Waals surface area contributed by atoms with Crippen molar-refractivity contribution in [3.05, 3.63) is 63.6 Å². The highest BCUT2D eigenvalue weighted by Crippen LogP contribution is 2.27. The fraction of sp³-hybridized carbons (Fsp3) is 0.143. The molecule has 0 aliphatic heterocycles. The first-order valence-electron chi connectivity index (χ1n) is 5.47. The van der Waals surface area contributed by atoms with Crippen LogP contribution in [0.15, 0.2) is 57.9 Å². The Morgan fingerprint density at radius 1 is 1.17 bits per heavy atom. The third-order valence-electron chi connectivity index (χ3n) is 2.46. The smallest absolute Gasteiger partial charge is 0.0883 e. The van der Waals surface area contributed by atoms with Gasteiger partial charge in [0.15, 0.2) is 0 Å². The van der Waals surface area contributed by atoms with E-state index in [9.17, 15) is 5.11 Å². The second kappa shape index (κ2) is 6.62. The van der Waals surface area contributed by atoms with E-state index in [0.29, 0.717) is 10.8 Å². The minimum Gasteiger partial charge on any atom is -0.388 e. The van der Waals surface area contributed by atoms with E-state index < -0.39 is 6.10 Å². The molecule has 2 aromatic rings. The van der Waals surface area contributed by atoms with Gasteiger partial charge in [-0.1, -0.05) is 45.7 Å². The molecule has 0 heterocycles. The average Bonchev–Trinajstić information content (AvgIpc) is 2.37. The first-order valence-corrected chi connectivity index (χ1v) is 7.63. The van der Waals surface area contributed by atoms with Crippen LogP contribution < -0.4 is 0 Å². The Morgan fingerprint density at radius 3 is 2.56 bits per heavy atom. The zero-order valence-electron chi connectivity index (χ0n) is 9.51. The molecular weight excluding hydrogens is 332 g/mol. The summed E-state index contributed by atoms with van der Waals surface area (Å²) in [6.07, 6.45) is -0.480. The third-order valence-corrected chi connectivity index (χ3v) is 4.27. The summed E-state index contributed by atoms with van der Waals surface area (Å²) >= 11 is 10.9. The maximum absolute atomic E-state index is 10.1. The van der Waals surface area contributed by atoms with Gasteiger partial charge < -0.3 is 5.11 Å². The Balaban J connectivity index is 1.96. The summed E-state index contributed by atoms with van der Waals surface area (Å²) in [5, 5.41) is 10.8. The number of benzene rings is 2. The standard InChI is InChI=1S/C14H12BrClOS/c15-11-2-1-3-13(8-11)18-9-14(17)10-4-6-12(16)7-5-10/h1-8,14,17H,9H2. The van der Waals surface area contributed by atoms with Gasteiger partial charge in [0.1, 0.15) is 0 Å². The lowest BCUT2D eigenvalue weighted by molar-refractivity contribution is 0.204.